The first-order valence-electron chi connectivity index (χ1n) is 11.9. The van der Waals surface area contributed by atoms with Crippen LogP contribution in [0.3, 0.4) is 0 Å². The van der Waals surface area contributed by atoms with E-state index >= 15 is 0 Å². The van der Waals surface area contributed by atoms with Crippen LogP contribution >= 0.6 is 0 Å². The second-order valence-electron chi connectivity index (χ2n) is 8.97. The first-order chi connectivity index (χ1) is 16.1. The van der Waals surface area contributed by atoms with Crippen molar-refractivity contribution in [3.63, 3.8) is 0 Å². The molecule has 1 heterocycles. The number of aromatic carboxylic acids is 1. The lowest BCUT2D eigenvalue weighted by Gasteiger charge is -2.21. The van der Waals surface area contributed by atoms with Crippen molar-refractivity contribution in [2.75, 3.05) is 0 Å². The lowest BCUT2D eigenvalue weighted by molar-refractivity contribution is 0.0697. The molecule has 3 aromatic rings. The van der Waals surface area contributed by atoms with E-state index in [-0.39, 0.29) is 11.3 Å². The highest BCUT2D eigenvalue weighted by atomic mass is 16.4. The molecule has 4 rings (SSSR count). The Hall–Kier alpha value is -3.34. The van der Waals surface area contributed by atoms with Gasteiger partial charge in [0.05, 0.1) is 12.1 Å². The largest absolute Gasteiger partial charge is 0.478 e. The highest BCUT2D eigenvalue weighted by Gasteiger charge is 2.18. The zero-order valence-corrected chi connectivity index (χ0v) is 19.2. The van der Waals surface area contributed by atoms with Crippen LogP contribution in [0.25, 0.3) is 11.1 Å². The fraction of sp³-hybridized carbons (Fsp3) is 0.357. The number of carbonyl (C=O) groups is 1. The van der Waals surface area contributed by atoms with Crippen molar-refractivity contribution in [1.82, 2.24) is 9.13 Å². The number of allylic oxidation sites excluding steroid dienone is 2. The van der Waals surface area contributed by atoms with Crippen LogP contribution in [0.1, 0.15) is 60.6 Å². The molecule has 172 valence electrons. The van der Waals surface area contributed by atoms with Crippen LogP contribution in [0.5, 0.6) is 0 Å². The van der Waals surface area contributed by atoms with Gasteiger partial charge in [-0.25, -0.2) is 9.59 Å². The number of hydrogen-bond acceptors (Lipinski definition) is 2. The highest BCUT2D eigenvalue weighted by molar-refractivity contribution is 5.95. The van der Waals surface area contributed by atoms with Crippen LogP contribution < -0.4 is 5.69 Å². The average molecular weight is 445 g/mol. The number of hydrogen-bond donors (Lipinski definition) is 1. The lowest BCUT2D eigenvalue weighted by atomic mass is 9.89. The SMILES string of the molecule is CC=CCc1cn(CC2CCCCC2)c(=O)n1Cc1ccc(-c2ccccc2C(=O)O)cc1. The summed E-state index contributed by atoms with van der Waals surface area (Å²) < 4.78 is 3.79. The third kappa shape index (κ3) is 5.36. The molecule has 0 atom stereocenters. The first-order valence-corrected chi connectivity index (χ1v) is 11.9. The van der Waals surface area contributed by atoms with E-state index in [1.807, 2.05) is 64.7 Å². The molecule has 0 spiro atoms. The Balaban J connectivity index is 1.59. The number of benzene rings is 2. The lowest BCUT2D eigenvalue weighted by Crippen LogP contribution is -2.28. The summed E-state index contributed by atoms with van der Waals surface area (Å²) in [6.45, 7) is 3.30. The van der Waals surface area contributed by atoms with Gasteiger partial charge in [-0.15, -0.1) is 0 Å². The number of imidazole rings is 1. The van der Waals surface area contributed by atoms with Crippen molar-refractivity contribution in [2.45, 2.75) is 58.5 Å². The van der Waals surface area contributed by atoms with Gasteiger partial charge in [0.15, 0.2) is 0 Å². The predicted molar refractivity (Wildman–Crippen MR) is 132 cm³/mol. The second-order valence-corrected chi connectivity index (χ2v) is 8.97. The molecule has 5 nitrogen and oxygen atoms in total. The number of aromatic nitrogens is 2. The van der Waals surface area contributed by atoms with Crippen LogP contribution in [-0.4, -0.2) is 20.2 Å². The van der Waals surface area contributed by atoms with Crippen molar-refractivity contribution >= 4 is 5.97 Å². The van der Waals surface area contributed by atoms with Crippen molar-refractivity contribution in [3.05, 3.63) is 94.2 Å². The summed E-state index contributed by atoms with van der Waals surface area (Å²) in [6, 6.07) is 14.9. The Morgan fingerprint density at radius 1 is 1.06 bits per heavy atom. The maximum absolute atomic E-state index is 13.3. The first kappa shape index (κ1) is 22.8. The molecule has 33 heavy (non-hydrogen) atoms. The van der Waals surface area contributed by atoms with Gasteiger partial charge in [0.2, 0.25) is 0 Å². The summed E-state index contributed by atoms with van der Waals surface area (Å²) in [6.07, 6.45) is 13.1. The Morgan fingerprint density at radius 2 is 1.79 bits per heavy atom. The van der Waals surface area contributed by atoms with Crippen LogP contribution in [-0.2, 0) is 19.5 Å². The molecular weight excluding hydrogens is 412 g/mol. The molecule has 0 bridgehead atoms. The molecule has 1 aliphatic rings. The van der Waals surface area contributed by atoms with E-state index in [0.717, 1.165) is 29.8 Å². The van der Waals surface area contributed by atoms with Crippen LogP contribution in [0.4, 0.5) is 0 Å². The molecule has 1 aromatic heterocycles. The van der Waals surface area contributed by atoms with Crippen molar-refractivity contribution in [3.8, 4) is 11.1 Å². The Labute approximate surface area is 195 Å². The zero-order valence-electron chi connectivity index (χ0n) is 19.2. The molecule has 1 aliphatic carbocycles. The fourth-order valence-corrected chi connectivity index (χ4v) is 4.83. The molecule has 1 N–H and O–H groups in total. The molecular formula is C28H32N2O3. The minimum absolute atomic E-state index is 0.0559. The summed E-state index contributed by atoms with van der Waals surface area (Å²) in [5, 5.41) is 9.48. The van der Waals surface area contributed by atoms with Crippen molar-refractivity contribution in [1.29, 1.82) is 0 Å². The van der Waals surface area contributed by atoms with Crippen LogP contribution in [0.2, 0.25) is 0 Å². The quantitative estimate of drug-likeness (QED) is 0.449. The fourth-order valence-electron chi connectivity index (χ4n) is 4.83. The van der Waals surface area contributed by atoms with Crippen molar-refractivity contribution < 1.29 is 9.90 Å². The smallest absolute Gasteiger partial charge is 0.336 e. The number of nitrogens with zero attached hydrogens (tertiary/aromatic N) is 2. The van der Waals surface area contributed by atoms with E-state index in [1.165, 1.54) is 32.1 Å². The van der Waals surface area contributed by atoms with Gasteiger partial charge in [0.25, 0.3) is 0 Å². The van der Waals surface area contributed by atoms with Gasteiger partial charge >= 0.3 is 11.7 Å². The monoisotopic (exact) mass is 444 g/mol. The van der Waals surface area contributed by atoms with E-state index in [0.29, 0.717) is 18.0 Å². The average Bonchev–Trinajstić information content (AvgIpc) is 3.13. The summed E-state index contributed by atoms with van der Waals surface area (Å²) in [7, 11) is 0. The van der Waals surface area contributed by atoms with Gasteiger partial charge in [-0.3, -0.25) is 9.13 Å². The van der Waals surface area contributed by atoms with E-state index < -0.39 is 5.97 Å². The molecule has 2 aromatic carbocycles. The Kier molecular flexibility index (Phi) is 7.28. The van der Waals surface area contributed by atoms with E-state index in [4.69, 9.17) is 0 Å². The summed E-state index contributed by atoms with van der Waals surface area (Å²) >= 11 is 0. The van der Waals surface area contributed by atoms with Gasteiger partial charge in [-0.1, -0.05) is 73.9 Å². The molecule has 1 saturated carbocycles. The molecule has 0 aliphatic heterocycles. The zero-order chi connectivity index (χ0) is 23.2. The summed E-state index contributed by atoms with van der Waals surface area (Å²) in [5.74, 6) is -0.343. The van der Waals surface area contributed by atoms with Gasteiger partial charge in [0, 0.05) is 24.9 Å². The van der Waals surface area contributed by atoms with Crippen LogP contribution in [0, 0.1) is 5.92 Å². The van der Waals surface area contributed by atoms with Gasteiger partial charge in [-0.05, 0) is 48.4 Å². The Morgan fingerprint density at radius 3 is 2.48 bits per heavy atom. The summed E-state index contributed by atoms with van der Waals surface area (Å²) in [4.78, 5) is 24.8. The molecule has 0 unspecified atom stereocenters. The number of carboxylic acids is 1. The third-order valence-electron chi connectivity index (χ3n) is 6.63. The molecule has 0 amide bonds. The minimum atomic E-state index is -0.936. The predicted octanol–water partition coefficient (Wildman–Crippen LogP) is 5.76. The van der Waals surface area contributed by atoms with Gasteiger partial charge in [-0.2, -0.15) is 0 Å². The van der Waals surface area contributed by atoms with E-state index in [2.05, 4.69) is 6.08 Å². The van der Waals surface area contributed by atoms with Gasteiger partial charge < -0.3 is 5.11 Å². The third-order valence-corrected chi connectivity index (χ3v) is 6.63. The molecule has 0 radical (unpaired) electrons. The maximum Gasteiger partial charge on any atom is 0.336 e. The van der Waals surface area contributed by atoms with Crippen LogP contribution in [0.15, 0.2) is 71.7 Å². The maximum atomic E-state index is 13.3. The second kappa shape index (κ2) is 10.5. The topological polar surface area (TPSA) is 64.2 Å². The molecule has 1 fully saturated rings. The standard InChI is InChI=1S/C28H32N2O3/c1-2-3-11-24-20-29(18-21-9-5-4-6-10-21)28(33)30(24)19-22-14-16-23(17-15-22)25-12-7-8-13-26(25)27(31)32/h2-3,7-8,12-17,20-21H,4-6,9-11,18-19H2,1H3,(H,31,32). The highest BCUT2D eigenvalue weighted by Crippen LogP contribution is 2.26. The van der Waals surface area contributed by atoms with Crippen molar-refractivity contribution in [2.24, 2.45) is 5.92 Å². The molecule has 5 heteroatoms. The van der Waals surface area contributed by atoms with E-state index in [1.54, 1.807) is 12.1 Å². The summed E-state index contributed by atoms with van der Waals surface area (Å²) in [5.41, 5.74) is 3.93. The van der Waals surface area contributed by atoms with E-state index in [9.17, 15) is 14.7 Å². The van der Waals surface area contributed by atoms with Gasteiger partial charge in [0.1, 0.15) is 0 Å². The molecule has 0 saturated heterocycles. The normalized spacial score (nSPS) is 14.7. The number of carboxylic acid groups (broad SMARTS) is 1. The Bertz CT molecular complexity index is 1180. The minimum Gasteiger partial charge on any atom is -0.478 e. The number of rotatable bonds is 8.